The molecule has 1 saturated carbocycles. The maximum atomic E-state index is 11.6. The van der Waals surface area contributed by atoms with Crippen LogP contribution in [0.15, 0.2) is 0 Å². The quantitative estimate of drug-likeness (QED) is 0.771. The van der Waals surface area contributed by atoms with Crippen molar-refractivity contribution in [3.05, 3.63) is 0 Å². The zero-order valence-electron chi connectivity index (χ0n) is 10.8. The van der Waals surface area contributed by atoms with Gasteiger partial charge in [0.05, 0.1) is 0 Å². The molecule has 0 spiro atoms. The lowest BCUT2D eigenvalue weighted by atomic mass is 9.91. The molecule has 2 N–H and O–H groups in total. The Bertz CT molecular complexity index is 233. The molecule has 3 nitrogen and oxygen atoms in total. The van der Waals surface area contributed by atoms with Crippen LogP contribution in [0.3, 0.4) is 0 Å². The Morgan fingerprint density at radius 3 is 2.50 bits per heavy atom. The predicted molar refractivity (Wildman–Crippen MR) is 65.0 cm³/mol. The van der Waals surface area contributed by atoms with Crippen LogP contribution in [0.4, 0.5) is 0 Å². The van der Waals surface area contributed by atoms with Gasteiger partial charge < -0.3 is 10.4 Å². The lowest BCUT2D eigenvalue weighted by Crippen LogP contribution is -2.33. The minimum absolute atomic E-state index is 0.0517. The second-order valence-electron chi connectivity index (χ2n) is 6.18. The number of aliphatic hydroxyl groups is 1. The van der Waals surface area contributed by atoms with Crippen molar-refractivity contribution >= 4 is 5.91 Å². The summed E-state index contributed by atoms with van der Waals surface area (Å²) in [5.41, 5.74) is 0.0517. The third-order valence-electron chi connectivity index (χ3n) is 3.30. The largest absolute Gasteiger partial charge is 0.396 e. The van der Waals surface area contributed by atoms with E-state index in [1.165, 1.54) is 6.42 Å². The Labute approximate surface area is 98.6 Å². The molecular weight excluding hydrogens is 202 g/mol. The summed E-state index contributed by atoms with van der Waals surface area (Å²) >= 11 is 0. The van der Waals surface area contributed by atoms with E-state index in [1.807, 2.05) is 0 Å². The van der Waals surface area contributed by atoms with E-state index < -0.39 is 0 Å². The molecule has 0 aromatic heterocycles. The minimum atomic E-state index is 0.0517. The summed E-state index contributed by atoms with van der Waals surface area (Å²) in [5.74, 6) is 1.01. The van der Waals surface area contributed by atoms with E-state index in [9.17, 15) is 9.90 Å². The van der Waals surface area contributed by atoms with Crippen LogP contribution in [-0.4, -0.2) is 24.2 Å². The van der Waals surface area contributed by atoms with Crippen LogP contribution in [0.2, 0.25) is 0 Å². The fraction of sp³-hybridized carbons (Fsp3) is 0.923. The Morgan fingerprint density at radius 1 is 1.31 bits per heavy atom. The molecule has 16 heavy (non-hydrogen) atoms. The summed E-state index contributed by atoms with van der Waals surface area (Å²) in [4.78, 5) is 11.6. The Hall–Kier alpha value is -0.570. The van der Waals surface area contributed by atoms with Crippen LogP contribution in [0, 0.1) is 17.3 Å². The van der Waals surface area contributed by atoms with Gasteiger partial charge in [-0.3, -0.25) is 4.79 Å². The molecule has 94 valence electrons. The van der Waals surface area contributed by atoms with Crippen LogP contribution >= 0.6 is 0 Å². The first-order valence-corrected chi connectivity index (χ1v) is 6.30. The number of nitrogens with one attached hydrogen (secondary N) is 1. The van der Waals surface area contributed by atoms with Crippen molar-refractivity contribution in [1.82, 2.24) is 5.32 Å². The first-order valence-electron chi connectivity index (χ1n) is 6.30. The highest BCUT2D eigenvalue weighted by atomic mass is 16.3. The molecule has 0 heterocycles. The highest BCUT2D eigenvalue weighted by molar-refractivity contribution is 5.76. The molecule has 1 amide bonds. The van der Waals surface area contributed by atoms with Crippen LogP contribution in [0.25, 0.3) is 0 Å². The van der Waals surface area contributed by atoms with Crippen molar-refractivity contribution < 1.29 is 9.90 Å². The van der Waals surface area contributed by atoms with E-state index in [-0.39, 0.29) is 17.9 Å². The maximum absolute atomic E-state index is 11.6. The fourth-order valence-corrected chi connectivity index (χ4v) is 2.41. The molecule has 0 bridgehead atoms. The van der Waals surface area contributed by atoms with Crippen molar-refractivity contribution in [2.45, 2.75) is 46.5 Å². The molecule has 1 aliphatic rings. The Balaban J connectivity index is 2.26. The first kappa shape index (κ1) is 13.5. The van der Waals surface area contributed by atoms with Gasteiger partial charge in [-0.1, -0.05) is 27.2 Å². The zero-order chi connectivity index (χ0) is 12.2. The molecule has 0 aromatic carbocycles. The predicted octanol–water partition coefficient (Wildman–Crippen LogP) is 1.95. The molecule has 1 fully saturated rings. The third-order valence-corrected chi connectivity index (χ3v) is 3.30. The van der Waals surface area contributed by atoms with Crippen molar-refractivity contribution in [3.8, 4) is 0 Å². The molecule has 1 rings (SSSR count). The van der Waals surface area contributed by atoms with Gasteiger partial charge in [0.15, 0.2) is 0 Å². The number of amides is 1. The molecule has 0 aliphatic heterocycles. The fourth-order valence-electron chi connectivity index (χ4n) is 2.41. The Kier molecular flexibility index (Phi) is 4.78. The minimum Gasteiger partial charge on any atom is -0.396 e. The average molecular weight is 227 g/mol. The van der Waals surface area contributed by atoms with Crippen molar-refractivity contribution in [3.63, 3.8) is 0 Å². The van der Waals surface area contributed by atoms with E-state index in [0.717, 1.165) is 19.4 Å². The second kappa shape index (κ2) is 5.67. The van der Waals surface area contributed by atoms with Gasteiger partial charge in [-0.05, 0) is 30.1 Å². The van der Waals surface area contributed by atoms with Gasteiger partial charge in [0, 0.05) is 19.6 Å². The summed E-state index contributed by atoms with van der Waals surface area (Å²) < 4.78 is 0. The molecule has 2 unspecified atom stereocenters. The second-order valence-corrected chi connectivity index (χ2v) is 6.18. The smallest absolute Gasteiger partial charge is 0.220 e. The van der Waals surface area contributed by atoms with Gasteiger partial charge in [0.1, 0.15) is 0 Å². The summed E-state index contributed by atoms with van der Waals surface area (Å²) in [6.45, 7) is 7.20. The highest BCUT2D eigenvalue weighted by Crippen LogP contribution is 2.30. The topological polar surface area (TPSA) is 49.3 Å². The summed E-state index contributed by atoms with van der Waals surface area (Å²) in [5, 5.41) is 12.2. The number of hydrogen-bond donors (Lipinski definition) is 2. The number of rotatable bonds is 4. The molecule has 3 heteroatoms. The number of carbonyl (C=O) groups is 1. The van der Waals surface area contributed by atoms with E-state index in [0.29, 0.717) is 18.3 Å². The monoisotopic (exact) mass is 227 g/mol. The molecule has 0 aromatic rings. The van der Waals surface area contributed by atoms with Gasteiger partial charge in [-0.25, -0.2) is 0 Å². The number of carbonyl (C=O) groups excluding carboxylic acids is 1. The van der Waals surface area contributed by atoms with E-state index in [1.54, 1.807) is 0 Å². The SMILES string of the molecule is CC(C)(C)CC(=O)NCC1CCCC1CO. The average Bonchev–Trinajstić information content (AvgIpc) is 2.59. The van der Waals surface area contributed by atoms with E-state index in [4.69, 9.17) is 0 Å². The van der Waals surface area contributed by atoms with Crippen molar-refractivity contribution in [2.75, 3.05) is 13.2 Å². The lowest BCUT2D eigenvalue weighted by molar-refractivity contribution is -0.123. The van der Waals surface area contributed by atoms with Gasteiger partial charge in [0.25, 0.3) is 0 Å². The standard InChI is InChI=1S/C13H25NO2/c1-13(2,3)7-12(16)14-8-10-5-4-6-11(10)9-15/h10-11,15H,4-9H2,1-3H3,(H,14,16). The third kappa shape index (κ3) is 4.52. The highest BCUT2D eigenvalue weighted by Gasteiger charge is 2.27. The summed E-state index contributed by atoms with van der Waals surface area (Å²) in [6, 6.07) is 0. The summed E-state index contributed by atoms with van der Waals surface area (Å²) in [6.07, 6.45) is 4.01. The van der Waals surface area contributed by atoms with Crippen LogP contribution < -0.4 is 5.32 Å². The number of hydrogen-bond acceptors (Lipinski definition) is 2. The molecule has 1 aliphatic carbocycles. The van der Waals surface area contributed by atoms with Gasteiger partial charge >= 0.3 is 0 Å². The van der Waals surface area contributed by atoms with Gasteiger partial charge in [-0.15, -0.1) is 0 Å². The Morgan fingerprint density at radius 2 is 1.94 bits per heavy atom. The van der Waals surface area contributed by atoms with Crippen LogP contribution in [-0.2, 0) is 4.79 Å². The maximum Gasteiger partial charge on any atom is 0.220 e. The normalized spacial score (nSPS) is 25.8. The van der Waals surface area contributed by atoms with E-state index >= 15 is 0 Å². The molecule has 2 atom stereocenters. The first-order chi connectivity index (χ1) is 7.42. The lowest BCUT2D eigenvalue weighted by Gasteiger charge is -2.21. The van der Waals surface area contributed by atoms with Crippen molar-refractivity contribution in [1.29, 1.82) is 0 Å². The van der Waals surface area contributed by atoms with Gasteiger partial charge in [-0.2, -0.15) is 0 Å². The van der Waals surface area contributed by atoms with Crippen molar-refractivity contribution in [2.24, 2.45) is 17.3 Å². The number of aliphatic hydroxyl groups excluding tert-OH is 1. The van der Waals surface area contributed by atoms with Crippen LogP contribution in [0.1, 0.15) is 46.5 Å². The zero-order valence-corrected chi connectivity index (χ0v) is 10.8. The molecule has 0 radical (unpaired) electrons. The molecular formula is C13H25NO2. The van der Waals surface area contributed by atoms with Crippen LogP contribution in [0.5, 0.6) is 0 Å². The summed E-state index contributed by atoms with van der Waals surface area (Å²) in [7, 11) is 0. The van der Waals surface area contributed by atoms with E-state index in [2.05, 4.69) is 26.1 Å². The molecule has 0 saturated heterocycles. The van der Waals surface area contributed by atoms with Gasteiger partial charge in [0.2, 0.25) is 5.91 Å².